The van der Waals surface area contributed by atoms with Crippen LogP contribution in [0.25, 0.3) is 10.2 Å². The number of benzene rings is 1. The third-order valence-electron chi connectivity index (χ3n) is 5.40. The summed E-state index contributed by atoms with van der Waals surface area (Å²) in [6.45, 7) is 6.33. The zero-order valence-corrected chi connectivity index (χ0v) is 17.6. The first-order valence-corrected chi connectivity index (χ1v) is 10.6. The number of fused-ring (bicyclic) bond motifs is 3. The van der Waals surface area contributed by atoms with Gasteiger partial charge in [0.2, 0.25) is 0 Å². The SMILES string of the molecule is CN(C(=O)OC(C)(C)C)[C@@H]1CC[C@@H](Nc2nc3c4c(ccc3s2)OCC4)[C@H]1N. The molecule has 28 heavy (non-hydrogen) atoms. The van der Waals surface area contributed by atoms with E-state index in [9.17, 15) is 4.79 Å². The van der Waals surface area contributed by atoms with Gasteiger partial charge in [-0.15, -0.1) is 0 Å². The van der Waals surface area contributed by atoms with Crippen LogP contribution in [0.4, 0.5) is 9.93 Å². The second-order valence-corrected chi connectivity index (χ2v) is 9.60. The molecule has 2 heterocycles. The molecule has 3 N–H and O–H groups in total. The number of nitrogens with one attached hydrogen (secondary N) is 1. The highest BCUT2D eigenvalue weighted by molar-refractivity contribution is 7.22. The van der Waals surface area contributed by atoms with E-state index in [0.717, 1.165) is 47.0 Å². The lowest BCUT2D eigenvalue weighted by molar-refractivity contribution is 0.0213. The standard InChI is InChI=1S/C20H28N4O3S/c1-20(2,3)27-19(25)24(4)13-6-5-12(16(13)21)22-18-23-17-11-9-10-26-14(11)7-8-15(17)28-18/h7-8,12-13,16H,5-6,9-10,21H2,1-4H3,(H,22,23)/t12-,13-,16-/m1/s1. The number of anilines is 1. The number of nitrogens with zero attached hydrogens (tertiary/aromatic N) is 2. The van der Waals surface area contributed by atoms with Gasteiger partial charge in [-0.3, -0.25) is 0 Å². The summed E-state index contributed by atoms with van der Waals surface area (Å²) in [4.78, 5) is 18.8. The number of hydrogen-bond acceptors (Lipinski definition) is 7. The molecule has 0 spiro atoms. The zero-order valence-electron chi connectivity index (χ0n) is 16.8. The lowest BCUT2D eigenvalue weighted by atomic mass is 10.1. The summed E-state index contributed by atoms with van der Waals surface area (Å²) >= 11 is 1.64. The Morgan fingerprint density at radius 1 is 1.39 bits per heavy atom. The molecular weight excluding hydrogens is 376 g/mol. The summed E-state index contributed by atoms with van der Waals surface area (Å²) in [6, 6.07) is 3.92. The largest absolute Gasteiger partial charge is 0.493 e. The molecule has 0 bridgehead atoms. The van der Waals surface area contributed by atoms with Crippen molar-refractivity contribution >= 4 is 32.8 Å². The minimum absolute atomic E-state index is 0.0561. The lowest BCUT2D eigenvalue weighted by Gasteiger charge is -2.31. The van der Waals surface area contributed by atoms with Crippen LogP contribution >= 0.6 is 11.3 Å². The Morgan fingerprint density at radius 3 is 2.93 bits per heavy atom. The molecular formula is C20H28N4O3S. The monoisotopic (exact) mass is 404 g/mol. The predicted molar refractivity (Wildman–Crippen MR) is 111 cm³/mol. The van der Waals surface area contributed by atoms with Gasteiger partial charge in [0.15, 0.2) is 5.13 Å². The number of aromatic nitrogens is 1. The van der Waals surface area contributed by atoms with E-state index in [1.165, 1.54) is 5.56 Å². The Morgan fingerprint density at radius 2 is 2.18 bits per heavy atom. The molecule has 1 saturated carbocycles. The van der Waals surface area contributed by atoms with E-state index in [2.05, 4.69) is 11.4 Å². The second kappa shape index (κ2) is 7.08. The number of carbonyl (C=O) groups excluding carboxylic acids is 1. The Bertz CT molecular complexity index is 891. The van der Waals surface area contributed by atoms with Crippen LogP contribution in [0.5, 0.6) is 5.75 Å². The molecule has 1 aliphatic heterocycles. The maximum absolute atomic E-state index is 12.4. The minimum Gasteiger partial charge on any atom is -0.493 e. The van der Waals surface area contributed by atoms with Crippen LogP contribution in [0.15, 0.2) is 12.1 Å². The normalized spacial score (nSPS) is 24.1. The van der Waals surface area contributed by atoms with Crippen LogP contribution in [-0.2, 0) is 11.2 Å². The van der Waals surface area contributed by atoms with Crippen molar-refractivity contribution in [1.29, 1.82) is 0 Å². The smallest absolute Gasteiger partial charge is 0.410 e. The molecule has 0 unspecified atom stereocenters. The summed E-state index contributed by atoms with van der Waals surface area (Å²) < 4.78 is 12.3. The first-order valence-electron chi connectivity index (χ1n) is 9.76. The number of likely N-dealkylation sites (N-methyl/N-ethyl adjacent to an activating group) is 1. The average Bonchev–Trinajstić information content (AvgIpc) is 3.31. The van der Waals surface area contributed by atoms with Crippen LogP contribution in [0.2, 0.25) is 0 Å². The van der Waals surface area contributed by atoms with Gasteiger partial charge in [-0.05, 0) is 45.7 Å². The number of thiazole rings is 1. The van der Waals surface area contributed by atoms with Gasteiger partial charge < -0.3 is 25.4 Å². The van der Waals surface area contributed by atoms with Gasteiger partial charge in [-0.2, -0.15) is 0 Å². The number of nitrogens with two attached hydrogens (primary N) is 1. The van der Waals surface area contributed by atoms with Crippen molar-refractivity contribution in [1.82, 2.24) is 9.88 Å². The van der Waals surface area contributed by atoms with E-state index in [1.807, 2.05) is 26.8 Å². The first-order chi connectivity index (χ1) is 13.2. The molecule has 1 fully saturated rings. The van der Waals surface area contributed by atoms with Crippen molar-refractivity contribution in [2.75, 3.05) is 19.0 Å². The fraction of sp³-hybridized carbons (Fsp3) is 0.600. The van der Waals surface area contributed by atoms with Gasteiger partial charge in [0, 0.05) is 31.1 Å². The van der Waals surface area contributed by atoms with E-state index >= 15 is 0 Å². The van der Waals surface area contributed by atoms with Crippen LogP contribution in [-0.4, -0.2) is 53.4 Å². The molecule has 1 aromatic carbocycles. The Balaban J connectivity index is 1.45. The summed E-state index contributed by atoms with van der Waals surface area (Å²) in [7, 11) is 1.77. The maximum atomic E-state index is 12.4. The quantitative estimate of drug-likeness (QED) is 0.815. The summed E-state index contributed by atoms with van der Waals surface area (Å²) in [6.07, 6.45) is 2.30. The van der Waals surface area contributed by atoms with E-state index in [-0.39, 0.29) is 24.2 Å². The maximum Gasteiger partial charge on any atom is 0.410 e. The molecule has 1 aliphatic carbocycles. The van der Waals surface area contributed by atoms with Crippen molar-refractivity contribution in [3.8, 4) is 5.75 Å². The highest BCUT2D eigenvalue weighted by Crippen LogP contribution is 2.37. The zero-order chi connectivity index (χ0) is 20.1. The van der Waals surface area contributed by atoms with E-state index < -0.39 is 5.60 Å². The molecule has 2 aliphatic rings. The van der Waals surface area contributed by atoms with Crippen molar-refractivity contribution in [2.24, 2.45) is 5.73 Å². The molecule has 0 radical (unpaired) electrons. The van der Waals surface area contributed by atoms with Gasteiger partial charge >= 0.3 is 6.09 Å². The Hall–Kier alpha value is -2.06. The molecule has 0 saturated heterocycles. The third-order valence-corrected chi connectivity index (χ3v) is 6.35. The van der Waals surface area contributed by atoms with E-state index in [1.54, 1.807) is 23.3 Å². The number of carbonyl (C=O) groups is 1. The molecule has 1 aromatic heterocycles. The van der Waals surface area contributed by atoms with Crippen LogP contribution in [0.3, 0.4) is 0 Å². The first kappa shape index (κ1) is 19.3. The van der Waals surface area contributed by atoms with Crippen LogP contribution in [0, 0.1) is 0 Å². The lowest BCUT2D eigenvalue weighted by Crippen LogP contribution is -2.51. The molecule has 1 amide bonds. The highest BCUT2D eigenvalue weighted by atomic mass is 32.1. The fourth-order valence-electron chi connectivity index (χ4n) is 3.98. The summed E-state index contributed by atoms with van der Waals surface area (Å²) in [5.74, 6) is 0.945. The number of hydrogen-bond donors (Lipinski definition) is 2. The van der Waals surface area contributed by atoms with E-state index in [4.69, 9.17) is 20.2 Å². The van der Waals surface area contributed by atoms with Gasteiger partial charge in [0.25, 0.3) is 0 Å². The van der Waals surface area contributed by atoms with E-state index in [0.29, 0.717) is 0 Å². The van der Waals surface area contributed by atoms with Crippen molar-refractivity contribution in [2.45, 2.75) is 63.8 Å². The Labute approximate surface area is 169 Å². The van der Waals surface area contributed by atoms with Crippen molar-refractivity contribution < 1.29 is 14.3 Å². The number of ether oxygens (including phenoxy) is 2. The van der Waals surface area contributed by atoms with Gasteiger partial charge in [0.05, 0.1) is 22.9 Å². The summed E-state index contributed by atoms with van der Waals surface area (Å²) in [5.41, 5.74) is 8.20. The molecule has 3 atom stereocenters. The van der Waals surface area contributed by atoms with Crippen molar-refractivity contribution in [3.63, 3.8) is 0 Å². The molecule has 2 aromatic rings. The minimum atomic E-state index is -0.517. The topological polar surface area (TPSA) is 89.7 Å². The van der Waals surface area contributed by atoms with Gasteiger partial charge in [-0.1, -0.05) is 11.3 Å². The molecule has 8 heteroatoms. The predicted octanol–water partition coefficient (Wildman–Crippen LogP) is 3.37. The van der Waals surface area contributed by atoms with Gasteiger partial charge in [-0.25, -0.2) is 9.78 Å². The van der Waals surface area contributed by atoms with Gasteiger partial charge in [0.1, 0.15) is 11.4 Å². The molecule has 152 valence electrons. The number of amides is 1. The fourth-order valence-corrected chi connectivity index (χ4v) is 4.94. The molecule has 4 rings (SSSR count). The Kier molecular flexibility index (Phi) is 4.87. The van der Waals surface area contributed by atoms with Crippen molar-refractivity contribution in [3.05, 3.63) is 17.7 Å². The van der Waals surface area contributed by atoms with Crippen LogP contribution in [0.1, 0.15) is 39.2 Å². The average molecular weight is 405 g/mol. The number of rotatable bonds is 3. The molecule has 7 nitrogen and oxygen atoms in total. The van der Waals surface area contributed by atoms with Crippen LogP contribution < -0.4 is 15.8 Å². The highest BCUT2D eigenvalue weighted by Gasteiger charge is 2.39. The summed E-state index contributed by atoms with van der Waals surface area (Å²) in [5, 5.41) is 4.38. The second-order valence-electron chi connectivity index (χ2n) is 8.57. The third kappa shape index (κ3) is 3.63.